The molecule has 2 heterocycles. The summed E-state index contributed by atoms with van der Waals surface area (Å²) in [6.07, 6.45) is 0.896. The highest BCUT2D eigenvalue weighted by Crippen LogP contribution is 2.29. The largest absolute Gasteiger partial charge is 0.490 e. The van der Waals surface area contributed by atoms with E-state index in [1.54, 1.807) is 17.4 Å². The summed E-state index contributed by atoms with van der Waals surface area (Å²) in [4.78, 5) is 20.6. The maximum Gasteiger partial charge on any atom is 0.264 e. The number of nitrogens with one attached hydrogen (secondary N) is 1. The van der Waals surface area contributed by atoms with Gasteiger partial charge in [-0.15, -0.1) is 11.3 Å². The van der Waals surface area contributed by atoms with Crippen LogP contribution in [0.2, 0.25) is 0 Å². The van der Waals surface area contributed by atoms with E-state index in [1.807, 2.05) is 31.2 Å². The zero-order valence-corrected chi connectivity index (χ0v) is 17.8. The molecular formula is C23H25N3O3S. The van der Waals surface area contributed by atoms with Crippen LogP contribution >= 0.6 is 11.3 Å². The number of para-hydroxylation sites is 2. The summed E-state index contributed by atoms with van der Waals surface area (Å²) >= 11 is 1.55. The summed E-state index contributed by atoms with van der Waals surface area (Å²) in [6.45, 7) is 5.11. The fourth-order valence-electron chi connectivity index (χ4n) is 3.42. The SMILES string of the molecule is CCOc1ccccc1OCC(=O)Nc1nc2c(s1)CN(Cc1ccccc1)CC2. The number of hydrogen-bond acceptors (Lipinski definition) is 6. The van der Waals surface area contributed by atoms with Gasteiger partial charge < -0.3 is 9.47 Å². The summed E-state index contributed by atoms with van der Waals surface area (Å²) in [7, 11) is 0. The molecule has 156 valence electrons. The molecule has 7 heteroatoms. The Balaban J connectivity index is 1.32. The van der Waals surface area contributed by atoms with E-state index in [0.717, 1.165) is 31.7 Å². The fraction of sp³-hybridized carbons (Fsp3) is 0.304. The molecule has 4 rings (SSSR count). The van der Waals surface area contributed by atoms with Crippen LogP contribution in [0.3, 0.4) is 0 Å². The molecule has 6 nitrogen and oxygen atoms in total. The van der Waals surface area contributed by atoms with Crippen LogP contribution in [0, 0.1) is 0 Å². The first-order valence-corrected chi connectivity index (χ1v) is 10.9. The smallest absolute Gasteiger partial charge is 0.264 e. The van der Waals surface area contributed by atoms with Crippen molar-refractivity contribution in [2.75, 3.05) is 25.1 Å². The van der Waals surface area contributed by atoms with Crippen molar-refractivity contribution in [3.05, 3.63) is 70.7 Å². The van der Waals surface area contributed by atoms with Gasteiger partial charge in [-0.2, -0.15) is 0 Å². The number of anilines is 1. The first-order valence-electron chi connectivity index (χ1n) is 10.1. The van der Waals surface area contributed by atoms with E-state index < -0.39 is 0 Å². The highest BCUT2D eigenvalue weighted by Gasteiger charge is 2.21. The molecule has 0 unspecified atom stereocenters. The van der Waals surface area contributed by atoms with Gasteiger partial charge in [0.25, 0.3) is 5.91 Å². The lowest BCUT2D eigenvalue weighted by Gasteiger charge is -2.25. The van der Waals surface area contributed by atoms with E-state index in [9.17, 15) is 4.79 Å². The quantitative estimate of drug-likeness (QED) is 0.591. The van der Waals surface area contributed by atoms with Gasteiger partial charge in [-0.3, -0.25) is 15.0 Å². The zero-order chi connectivity index (χ0) is 20.8. The second-order valence-electron chi connectivity index (χ2n) is 7.05. The molecule has 2 aromatic carbocycles. The molecule has 1 amide bonds. The van der Waals surface area contributed by atoms with Crippen LogP contribution in [0.5, 0.6) is 11.5 Å². The molecule has 0 aliphatic carbocycles. The van der Waals surface area contributed by atoms with Crippen LogP contribution in [-0.2, 0) is 24.3 Å². The average molecular weight is 424 g/mol. The number of aromatic nitrogens is 1. The average Bonchev–Trinajstić information content (AvgIpc) is 3.15. The third-order valence-electron chi connectivity index (χ3n) is 4.81. The van der Waals surface area contributed by atoms with E-state index in [4.69, 9.17) is 9.47 Å². The number of thiazole rings is 1. The minimum absolute atomic E-state index is 0.0888. The lowest BCUT2D eigenvalue weighted by atomic mass is 10.1. The number of carbonyl (C=O) groups is 1. The van der Waals surface area contributed by atoms with Gasteiger partial charge in [0.05, 0.1) is 12.3 Å². The molecule has 0 atom stereocenters. The number of hydrogen-bond donors (Lipinski definition) is 1. The van der Waals surface area contributed by atoms with Crippen LogP contribution < -0.4 is 14.8 Å². The van der Waals surface area contributed by atoms with Crippen molar-refractivity contribution in [1.82, 2.24) is 9.88 Å². The zero-order valence-electron chi connectivity index (χ0n) is 17.0. The van der Waals surface area contributed by atoms with Gasteiger partial charge in [0.15, 0.2) is 23.2 Å². The fourth-order valence-corrected chi connectivity index (χ4v) is 4.49. The van der Waals surface area contributed by atoms with Crippen molar-refractivity contribution in [2.24, 2.45) is 0 Å². The molecule has 0 spiro atoms. The predicted octanol–water partition coefficient (Wildman–Crippen LogP) is 4.12. The molecule has 3 aromatic rings. The monoisotopic (exact) mass is 423 g/mol. The number of carbonyl (C=O) groups excluding carboxylic acids is 1. The summed E-state index contributed by atoms with van der Waals surface area (Å²) in [5.74, 6) is 0.967. The van der Waals surface area contributed by atoms with Crippen molar-refractivity contribution in [3.8, 4) is 11.5 Å². The summed E-state index contributed by atoms with van der Waals surface area (Å²) in [5, 5.41) is 3.50. The van der Waals surface area contributed by atoms with Crippen molar-refractivity contribution < 1.29 is 14.3 Å². The van der Waals surface area contributed by atoms with E-state index in [0.29, 0.717) is 23.2 Å². The Kier molecular flexibility index (Phi) is 6.61. The van der Waals surface area contributed by atoms with Gasteiger partial charge in [-0.05, 0) is 24.6 Å². The molecule has 0 bridgehead atoms. The lowest BCUT2D eigenvalue weighted by Crippen LogP contribution is -2.29. The van der Waals surface area contributed by atoms with Crippen molar-refractivity contribution in [2.45, 2.75) is 26.4 Å². The van der Waals surface area contributed by atoms with E-state index in [1.165, 1.54) is 10.4 Å². The van der Waals surface area contributed by atoms with Crippen LogP contribution in [0.25, 0.3) is 0 Å². The highest BCUT2D eigenvalue weighted by molar-refractivity contribution is 7.15. The van der Waals surface area contributed by atoms with Gasteiger partial charge in [0, 0.05) is 30.9 Å². The second-order valence-corrected chi connectivity index (χ2v) is 8.14. The standard InChI is InChI=1S/C23H25N3O3S/c1-2-28-19-10-6-7-11-20(19)29-16-22(27)25-23-24-18-12-13-26(15-21(18)30-23)14-17-8-4-3-5-9-17/h3-11H,2,12-16H2,1H3,(H,24,25,27). The summed E-state index contributed by atoms with van der Waals surface area (Å²) in [5.41, 5.74) is 2.39. The lowest BCUT2D eigenvalue weighted by molar-refractivity contribution is -0.118. The van der Waals surface area contributed by atoms with Gasteiger partial charge in [0.2, 0.25) is 0 Å². The number of fused-ring (bicyclic) bond motifs is 1. The molecule has 1 aliphatic rings. The topological polar surface area (TPSA) is 63.7 Å². The van der Waals surface area contributed by atoms with E-state index >= 15 is 0 Å². The Morgan fingerprint density at radius 1 is 1.10 bits per heavy atom. The maximum absolute atomic E-state index is 12.4. The van der Waals surface area contributed by atoms with Crippen LogP contribution in [0.1, 0.15) is 23.1 Å². The first kappa shape index (κ1) is 20.4. The summed E-state index contributed by atoms with van der Waals surface area (Å²) in [6, 6.07) is 17.8. The van der Waals surface area contributed by atoms with Crippen LogP contribution in [0.15, 0.2) is 54.6 Å². The number of nitrogens with zero attached hydrogens (tertiary/aromatic N) is 2. The number of amides is 1. The maximum atomic E-state index is 12.4. The third kappa shape index (κ3) is 5.17. The molecule has 1 aliphatic heterocycles. The molecule has 1 aromatic heterocycles. The Morgan fingerprint density at radius 3 is 2.60 bits per heavy atom. The second kappa shape index (κ2) is 9.73. The minimum Gasteiger partial charge on any atom is -0.490 e. The van der Waals surface area contributed by atoms with Crippen molar-refractivity contribution >= 4 is 22.4 Å². The normalized spacial score (nSPS) is 13.5. The Hall–Kier alpha value is -2.90. The van der Waals surface area contributed by atoms with Gasteiger partial charge in [0.1, 0.15) is 0 Å². The Bertz CT molecular complexity index is 990. The van der Waals surface area contributed by atoms with E-state index in [2.05, 4.69) is 39.5 Å². The van der Waals surface area contributed by atoms with E-state index in [-0.39, 0.29) is 12.5 Å². The number of ether oxygens (including phenoxy) is 2. The Morgan fingerprint density at radius 2 is 1.83 bits per heavy atom. The van der Waals surface area contributed by atoms with Crippen LogP contribution in [0.4, 0.5) is 5.13 Å². The van der Waals surface area contributed by atoms with Gasteiger partial charge >= 0.3 is 0 Å². The predicted molar refractivity (Wildman–Crippen MR) is 118 cm³/mol. The molecule has 0 saturated carbocycles. The van der Waals surface area contributed by atoms with Gasteiger partial charge in [-0.25, -0.2) is 4.98 Å². The molecular weight excluding hydrogens is 398 g/mol. The molecule has 30 heavy (non-hydrogen) atoms. The molecule has 0 fully saturated rings. The molecule has 0 radical (unpaired) electrons. The third-order valence-corrected chi connectivity index (χ3v) is 5.81. The van der Waals surface area contributed by atoms with Crippen LogP contribution in [-0.4, -0.2) is 35.5 Å². The highest BCUT2D eigenvalue weighted by atomic mass is 32.1. The number of rotatable bonds is 8. The van der Waals surface area contributed by atoms with Gasteiger partial charge in [-0.1, -0.05) is 42.5 Å². The van der Waals surface area contributed by atoms with Crippen molar-refractivity contribution in [3.63, 3.8) is 0 Å². The van der Waals surface area contributed by atoms with Crippen molar-refractivity contribution in [1.29, 1.82) is 0 Å². The Labute approximate surface area is 180 Å². The number of benzene rings is 2. The summed E-state index contributed by atoms with van der Waals surface area (Å²) < 4.78 is 11.2. The molecule has 1 N–H and O–H groups in total. The molecule has 0 saturated heterocycles. The first-order chi connectivity index (χ1) is 14.7. The minimum atomic E-state index is -0.228.